The van der Waals surface area contributed by atoms with E-state index in [-0.39, 0.29) is 12.3 Å². The Kier molecular flexibility index (Phi) is 22.2. The zero-order chi connectivity index (χ0) is 24.5. The molecule has 0 spiro atoms. The number of nitrogens with one attached hydrogen (secondary N) is 1. The Hall–Kier alpha value is -0.650. The van der Waals surface area contributed by atoms with Crippen molar-refractivity contribution in [2.75, 3.05) is 26.9 Å². The molecule has 0 aliphatic carbocycles. The van der Waals surface area contributed by atoms with Crippen LogP contribution in [0.2, 0.25) is 0 Å². The van der Waals surface area contributed by atoms with Crippen molar-refractivity contribution in [3.8, 4) is 0 Å². The molecule has 0 radical (unpaired) electrons. The Morgan fingerprint density at radius 2 is 1.50 bits per heavy atom. The smallest absolute Gasteiger partial charge is 0.305 e. The second kappa shape index (κ2) is 24.1. The van der Waals surface area contributed by atoms with Crippen LogP contribution in [-0.4, -0.2) is 45.2 Å². The minimum atomic E-state index is -0.0779. The summed E-state index contributed by atoms with van der Waals surface area (Å²) in [4.78, 5) is 11.2. The first-order valence-electron chi connectivity index (χ1n) is 14.8. The summed E-state index contributed by atoms with van der Waals surface area (Å²) in [5.74, 6) is -0.0779. The zero-order valence-corrected chi connectivity index (χ0v) is 22.8. The fraction of sp³-hybridized carbons (Fsp3) is 0.966. The molecule has 5 nitrogen and oxygen atoms in total. The van der Waals surface area contributed by atoms with Crippen LogP contribution in [0.5, 0.6) is 0 Å². The molecule has 0 amide bonds. The van der Waals surface area contributed by atoms with Gasteiger partial charge in [0.1, 0.15) is 0 Å². The summed E-state index contributed by atoms with van der Waals surface area (Å²) in [7, 11) is 1.47. The molecule has 0 saturated carbocycles. The van der Waals surface area contributed by atoms with E-state index in [0.717, 1.165) is 45.4 Å². The average Bonchev–Trinajstić information content (AvgIpc) is 2.86. The Balaban J connectivity index is 2.10. The molecule has 2 atom stereocenters. The normalized spacial score (nSPS) is 17.1. The fourth-order valence-corrected chi connectivity index (χ4v) is 4.76. The molecule has 1 N–H and O–H groups in total. The molecule has 0 aromatic heterocycles. The van der Waals surface area contributed by atoms with Gasteiger partial charge in [-0.2, -0.15) is 0 Å². The van der Waals surface area contributed by atoms with Crippen LogP contribution in [0.3, 0.4) is 0 Å². The Morgan fingerprint density at radius 1 is 0.853 bits per heavy atom. The first kappa shape index (κ1) is 31.4. The van der Waals surface area contributed by atoms with Gasteiger partial charge in [-0.3, -0.25) is 4.79 Å². The molecule has 1 saturated heterocycles. The van der Waals surface area contributed by atoms with Gasteiger partial charge in [0, 0.05) is 25.7 Å². The van der Waals surface area contributed by atoms with Crippen molar-refractivity contribution >= 4 is 5.97 Å². The maximum absolute atomic E-state index is 11.2. The third kappa shape index (κ3) is 19.6. The summed E-state index contributed by atoms with van der Waals surface area (Å²) in [6, 6.07) is 0.646. The van der Waals surface area contributed by atoms with Crippen molar-refractivity contribution in [1.82, 2.24) is 5.32 Å². The molecular weight excluding hydrogens is 426 g/mol. The molecule has 0 aromatic rings. The van der Waals surface area contributed by atoms with Crippen molar-refractivity contribution < 1.29 is 19.0 Å². The SMILES string of the molecule is CCCCCCCCCCC(CCCCCCC(=O)OC)NCCCCCOC1CCCCO1. The van der Waals surface area contributed by atoms with Crippen molar-refractivity contribution in [2.24, 2.45) is 0 Å². The third-order valence-electron chi connectivity index (χ3n) is 7.01. The number of hydrogen-bond acceptors (Lipinski definition) is 5. The van der Waals surface area contributed by atoms with Gasteiger partial charge in [0.15, 0.2) is 6.29 Å². The molecule has 1 rings (SSSR count). The van der Waals surface area contributed by atoms with Gasteiger partial charge in [-0.1, -0.05) is 77.6 Å². The highest BCUT2D eigenvalue weighted by Crippen LogP contribution is 2.16. The van der Waals surface area contributed by atoms with E-state index in [0.29, 0.717) is 12.5 Å². The third-order valence-corrected chi connectivity index (χ3v) is 7.01. The van der Waals surface area contributed by atoms with E-state index in [4.69, 9.17) is 14.2 Å². The van der Waals surface area contributed by atoms with Crippen molar-refractivity contribution in [1.29, 1.82) is 0 Å². The van der Waals surface area contributed by atoms with Crippen molar-refractivity contribution in [2.45, 2.75) is 154 Å². The van der Waals surface area contributed by atoms with Gasteiger partial charge in [0.05, 0.1) is 7.11 Å². The summed E-state index contributed by atoms with van der Waals surface area (Å²) >= 11 is 0. The number of rotatable bonds is 24. The number of methoxy groups -OCH3 is 1. The van der Waals surface area contributed by atoms with Crippen molar-refractivity contribution in [3.63, 3.8) is 0 Å². The lowest BCUT2D eigenvalue weighted by atomic mass is 9.99. The van der Waals surface area contributed by atoms with E-state index in [1.165, 1.54) is 110 Å². The quantitative estimate of drug-likeness (QED) is 0.113. The van der Waals surface area contributed by atoms with Gasteiger partial charge < -0.3 is 19.5 Å². The van der Waals surface area contributed by atoms with Gasteiger partial charge in [0.25, 0.3) is 0 Å². The van der Waals surface area contributed by atoms with Crippen molar-refractivity contribution in [3.05, 3.63) is 0 Å². The van der Waals surface area contributed by atoms with Gasteiger partial charge in [-0.25, -0.2) is 0 Å². The first-order chi connectivity index (χ1) is 16.8. The Morgan fingerprint density at radius 3 is 2.15 bits per heavy atom. The standard InChI is InChI=1S/C29H57NO4/c1-3-4-5-6-7-8-9-13-20-27(21-14-10-11-15-22-28(31)32-2)30-24-17-12-18-25-33-29-23-16-19-26-34-29/h27,29-30H,3-26H2,1-2H3. The maximum Gasteiger partial charge on any atom is 0.305 e. The number of hydrogen-bond donors (Lipinski definition) is 1. The van der Waals surface area contributed by atoms with E-state index >= 15 is 0 Å². The highest BCUT2D eigenvalue weighted by atomic mass is 16.7. The lowest BCUT2D eigenvalue weighted by Crippen LogP contribution is -2.30. The number of unbranched alkanes of at least 4 members (excludes halogenated alkanes) is 12. The van der Waals surface area contributed by atoms with E-state index in [2.05, 4.69) is 12.2 Å². The first-order valence-corrected chi connectivity index (χ1v) is 14.8. The van der Waals surface area contributed by atoms with Gasteiger partial charge in [-0.15, -0.1) is 0 Å². The monoisotopic (exact) mass is 483 g/mol. The molecule has 202 valence electrons. The summed E-state index contributed by atoms with van der Waals surface area (Å²) in [6.07, 6.45) is 25.9. The molecule has 2 unspecified atom stereocenters. The predicted molar refractivity (Wildman–Crippen MR) is 142 cm³/mol. The molecule has 34 heavy (non-hydrogen) atoms. The molecule has 0 bridgehead atoms. The molecule has 1 fully saturated rings. The number of esters is 1. The highest BCUT2D eigenvalue weighted by Gasteiger charge is 2.13. The highest BCUT2D eigenvalue weighted by molar-refractivity contribution is 5.68. The van der Waals surface area contributed by atoms with Gasteiger partial charge in [0.2, 0.25) is 0 Å². The average molecular weight is 484 g/mol. The maximum atomic E-state index is 11.2. The largest absolute Gasteiger partial charge is 0.469 e. The van der Waals surface area contributed by atoms with Crippen LogP contribution >= 0.6 is 0 Å². The Labute approximate surface area is 211 Å². The van der Waals surface area contributed by atoms with Crippen LogP contribution in [0.4, 0.5) is 0 Å². The second-order valence-corrected chi connectivity index (χ2v) is 10.2. The summed E-state index contributed by atoms with van der Waals surface area (Å²) in [5.41, 5.74) is 0. The van der Waals surface area contributed by atoms with E-state index < -0.39 is 0 Å². The summed E-state index contributed by atoms with van der Waals surface area (Å²) in [6.45, 7) is 5.09. The number of ether oxygens (including phenoxy) is 3. The van der Waals surface area contributed by atoms with Crippen LogP contribution in [-0.2, 0) is 19.0 Å². The topological polar surface area (TPSA) is 56.8 Å². The molecule has 0 aromatic carbocycles. The summed E-state index contributed by atoms with van der Waals surface area (Å²) < 4.78 is 16.2. The minimum absolute atomic E-state index is 0.0514. The minimum Gasteiger partial charge on any atom is -0.469 e. The van der Waals surface area contributed by atoms with Crippen LogP contribution in [0.15, 0.2) is 0 Å². The van der Waals surface area contributed by atoms with Crippen LogP contribution < -0.4 is 5.32 Å². The summed E-state index contributed by atoms with van der Waals surface area (Å²) in [5, 5.41) is 3.86. The van der Waals surface area contributed by atoms with E-state index in [1.54, 1.807) is 0 Å². The fourth-order valence-electron chi connectivity index (χ4n) is 4.76. The lowest BCUT2D eigenvalue weighted by Gasteiger charge is -2.22. The molecular formula is C29H57NO4. The second-order valence-electron chi connectivity index (χ2n) is 10.2. The number of carbonyl (C=O) groups excluding carboxylic acids is 1. The Bertz CT molecular complexity index is 440. The molecule has 1 aliphatic rings. The van der Waals surface area contributed by atoms with E-state index in [9.17, 15) is 4.79 Å². The van der Waals surface area contributed by atoms with Gasteiger partial charge in [-0.05, 0) is 64.3 Å². The molecule has 1 aliphatic heterocycles. The molecule has 1 heterocycles. The number of carbonyl (C=O) groups is 1. The van der Waals surface area contributed by atoms with Crippen LogP contribution in [0, 0.1) is 0 Å². The van der Waals surface area contributed by atoms with Crippen LogP contribution in [0.25, 0.3) is 0 Å². The zero-order valence-electron chi connectivity index (χ0n) is 22.8. The molecule has 5 heteroatoms. The predicted octanol–water partition coefficient (Wildman–Crippen LogP) is 7.70. The lowest BCUT2D eigenvalue weighted by molar-refractivity contribution is -0.162. The van der Waals surface area contributed by atoms with Crippen LogP contribution in [0.1, 0.15) is 142 Å². The van der Waals surface area contributed by atoms with E-state index in [1.807, 2.05) is 0 Å². The van der Waals surface area contributed by atoms with Gasteiger partial charge >= 0.3 is 5.97 Å².